The molecule has 0 radical (unpaired) electrons. The quantitative estimate of drug-likeness (QED) is 0.840. The van der Waals surface area contributed by atoms with E-state index >= 15 is 0 Å². The number of hydrogen-bond donors (Lipinski definition) is 1. The van der Waals surface area contributed by atoms with Crippen LogP contribution in [0.1, 0.15) is 38.2 Å². The molecule has 2 rings (SSSR count). The summed E-state index contributed by atoms with van der Waals surface area (Å²) in [6.45, 7) is 2.82. The average molecular weight is 307 g/mol. The van der Waals surface area contributed by atoms with Crippen molar-refractivity contribution in [2.45, 2.75) is 38.0 Å². The van der Waals surface area contributed by atoms with Gasteiger partial charge in [0.2, 0.25) is 0 Å². The van der Waals surface area contributed by atoms with Gasteiger partial charge in [0.05, 0.1) is 20.8 Å². The van der Waals surface area contributed by atoms with Crippen molar-refractivity contribution >= 4 is 6.09 Å². The first-order chi connectivity index (χ1) is 10.6. The fourth-order valence-corrected chi connectivity index (χ4v) is 3.04. The molecule has 0 aliphatic heterocycles. The highest BCUT2D eigenvalue weighted by Crippen LogP contribution is 2.48. The zero-order valence-corrected chi connectivity index (χ0v) is 13.6. The van der Waals surface area contributed by atoms with Gasteiger partial charge in [0.15, 0.2) is 11.5 Å². The van der Waals surface area contributed by atoms with Crippen LogP contribution in [0.5, 0.6) is 11.5 Å². The van der Waals surface area contributed by atoms with Crippen LogP contribution in [0.3, 0.4) is 0 Å². The van der Waals surface area contributed by atoms with E-state index in [1.54, 1.807) is 21.1 Å². The van der Waals surface area contributed by atoms with Gasteiger partial charge in [-0.3, -0.25) is 0 Å². The van der Waals surface area contributed by atoms with Crippen LogP contribution in [0.25, 0.3) is 0 Å². The first-order valence-electron chi connectivity index (χ1n) is 7.78. The maximum Gasteiger partial charge on any atom is 0.407 e. The SMILES string of the molecule is CCOC(=O)NCCC1(c2ccc(OC)c(OC)c2)CCC1. The molecular formula is C17H25NO4. The summed E-state index contributed by atoms with van der Waals surface area (Å²) in [4.78, 5) is 11.4. The van der Waals surface area contributed by atoms with E-state index in [0.717, 1.165) is 30.8 Å². The van der Waals surface area contributed by atoms with E-state index in [9.17, 15) is 4.79 Å². The summed E-state index contributed by atoms with van der Waals surface area (Å²) in [5.74, 6) is 1.50. The van der Waals surface area contributed by atoms with E-state index in [2.05, 4.69) is 17.4 Å². The molecule has 1 N–H and O–H groups in total. The minimum Gasteiger partial charge on any atom is -0.493 e. The van der Waals surface area contributed by atoms with Crippen molar-refractivity contribution in [1.29, 1.82) is 0 Å². The van der Waals surface area contributed by atoms with Crippen molar-refractivity contribution in [3.8, 4) is 11.5 Å². The lowest BCUT2D eigenvalue weighted by atomic mass is 9.62. The lowest BCUT2D eigenvalue weighted by Crippen LogP contribution is -2.38. The zero-order valence-electron chi connectivity index (χ0n) is 13.6. The van der Waals surface area contributed by atoms with Gasteiger partial charge in [-0.1, -0.05) is 12.5 Å². The first kappa shape index (κ1) is 16.5. The molecule has 122 valence electrons. The molecule has 0 heterocycles. The number of hydrogen-bond acceptors (Lipinski definition) is 4. The number of methoxy groups -OCH3 is 2. The molecular weight excluding hydrogens is 282 g/mol. The monoisotopic (exact) mass is 307 g/mol. The number of carbonyl (C=O) groups is 1. The Labute approximate surface area is 131 Å². The molecule has 1 amide bonds. The Hall–Kier alpha value is -1.91. The highest BCUT2D eigenvalue weighted by Gasteiger charge is 2.38. The Bertz CT molecular complexity index is 511. The number of ether oxygens (including phenoxy) is 3. The predicted octanol–water partition coefficient (Wildman–Crippen LogP) is 3.26. The first-order valence-corrected chi connectivity index (χ1v) is 7.78. The maximum atomic E-state index is 11.4. The van der Waals surface area contributed by atoms with E-state index in [4.69, 9.17) is 14.2 Å². The topological polar surface area (TPSA) is 56.8 Å². The molecule has 5 heteroatoms. The second-order valence-electron chi connectivity index (χ2n) is 5.60. The zero-order chi connectivity index (χ0) is 16.0. The Morgan fingerprint density at radius 3 is 2.50 bits per heavy atom. The molecule has 1 aromatic rings. The largest absolute Gasteiger partial charge is 0.493 e. The number of rotatable bonds is 7. The third kappa shape index (κ3) is 3.46. The number of alkyl carbamates (subject to hydrolysis) is 1. The molecule has 1 saturated carbocycles. The fourth-order valence-electron chi connectivity index (χ4n) is 3.04. The molecule has 1 aliphatic carbocycles. The second kappa shape index (κ2) is 7.38. The lowest BCUT2D eigenvalue weighted by molar-refractivity contribution is 0.148. The van der Waals surface area contributed by atoms with E-state index < -0.39 is 0 Å². The van der Waals surface area contributed by atoms with Gasteiger partial charge in [-0.05, 0) is 49.3 Å². The third-order valence-corrected chi connectivity index (χ3v) is 4.45. The minimum absolute atomic E-state index is 0.124. The van der Waals surface area contributed by atoms with Gasteiger partial charge in [0, 0.05) is 6.54 Å². The molecule has 0 spiro atoms. The molecule has 5 nitrogen and oxygen atoms in total. The molecule has 0 bridgehead atoms. The molecule has 0 unspecified atom stereocenters. The van der Waals surface area contributed by atoms with Gasteiger partial charge < -0.3 is 19.5 Å². The van der Waals surface area contributed by atoms with Crippen LogP contribution in [0, 0.1) is 0 Å². The van der Waals surface area contributed by atoms with Crippen molar-refractivity contribution in [2.24, 2.45) is 0 Å². The summed E-state index contributed by atoms with van der Waals surface area (Å²) < 4.78 is 15.6. The van der Waals surface area contributed by atoms with Crippen molar-refractivity contribution < 1.29 is 19.0 Å². The van der Waals surface area contributed by atoms with Crippen LogP contribution in [-0.4, -0.2) is 33.5 Å². The van der Waals surface area contributed by atoms with E-state index in [1.165, 1.54) is 12.0 Å². The molecule has 22 heavy (non-hydrogen) atoms. The van der Waals surface area contributed by atoms with Crippen LogP contribution in [-0.2, 0) is 10.2 Å². The minimum atomic E-state index is -0.343. The van der Waals surface area contributed by atoms with Crippen molar-refractivity contribution in [3.63, 3.8) is 0 Å². The summed E-state index contributed by atoms with van der Waals surface area (Å²) in [6.07, 6.45) is 4.04. The Kier molecular flexibility index (Phi) is 5.52. The molecule has 1 aromatic carbocycles. The highest BCUT2D eigenvalue weighted by atomic mass is 16.5. The Morgan fingerprint density at radius 1 is 1.23 bits per heavy atom. The van der Waals surface area contributed by atoms with E-state index in [0.29, 0.717) is 13.2 Å². The maximum absolute atomic E-state index is 11.4. The summed E-state index contributed by atoms with van der Waals surface area (Å²) in [5.41, 5.74) is 1.38. The van der Waals surface area contributed by atoms with Crippen molar-refractivity contribution in [1.82, 2.24) is 5.32 Å². The van der Waals surface area contributed by atoms with Crippen LogP contribution in [0.15, 0.2) is 18.2 Å². The second-order valence-corrected chi connectivity index (χ2v) is 5.60. The summed E-state index contributed by atoms with van der Waals surface area (Å²) in [6, 6.07) is 6.11. The molecule has 1 fully saturated rings. The molecule has 0 saturated heterocycles. The summed E-state index contributed by atoms with van der Waals surface area (Å²) in [5, 5.41) is 2.81. The molecule has 1 aliphatic rings. The lowest BCUT2D eigenvalue weighted by Gasteiger charge is -2.43. The standard InChI is InChI=1S/C17H25NO4/c1-4-22-16(19)18-11-10-17(8-5-9-17)13-6-7-14(20-2)15(12-13)21-3/h6-7,12H,4-5,8-11H2,1-3H3,(H,18,19). The smallest absolute Gasteiger partial charge is 0.407 e. The Balaban J connectivity index is 2.05. The molecule has 0 aromatic heterocycles. The van der Waals surface area contributed by atoms with Gasteiger partial charge in [0.1, 0.15) is 0 Å². The van der Waals surface area contributed by atoms with Crippen LogP contribution in [0.2, 0.25) is 0 Å². The van der Waals surface area contributed by atoms with Gasteiger partial charge in [0.25, 0.3) is 0 Å². The third-order valence-electron chi connectivity index (χ3n) is 4.45. The number of amides is 1. The van der Waals surface area contributed by atoms with Gasteiger partial charge in [-0.15, -0.1) is 0 Å². The van der Waals surface area contributed by atoms with Crippen LogP contribution >= 0.6 is 0 Å². The predicted molar refractivity (Wildman–Crippen MR) is 84.7 cm³/mol. The number of benzene rings is 1. The van der Waals surface area contributed by atoms with Crippen molar-refractivity contribution in [3.05, 3.63) is 23.8 Å². The van der Waals surface area contributed by atoms with E-state index in [-0.39, 0.29) is 11.5 Å². The average Bonchev–Trinajstić information content (AvgIpc) is 2.49. The summed E-state index contributed by atoms with van der Waals surface area (Å²) in [7, 11) is 3.29. The van der Waals surface area contributed by atoms with Gasteiger partial charge >= 0.3 is 6.09 Å². The van der Waals surface area contributed by atoms with Crippen molar-refractivity contribution in [2.75, 3.05) is 27.4 Å². The molecule has 0 atom stereocenters. The van der Waals surface area contributed by atoms with Crippen LogP contribution < -0.4 is 14.8 Å². The highest BCUT2D eigenvalue weighted by molar-refractivity contribution is 5.67. The Morgan fingerprint density at radius 2 is 1.95 bits per heavy atom. The fraction of sp³-hybridized carbons (Fsp3) is 0.588. The van der Waals surface area contributed by atoms with E-state index in [1.807, 2.05) is 6.07 Å². The number of nitrogens with one attached hydrogen (secondary N) is 1. The summed E-state index contributed by atoms with van der Waals surface area (Å²) >= 11 is 0. The van der Waals surface area contributed by atoms with Gasteiger partial charge in [-0.2, -0.15) is 0 Å². The van der Waals surface area contributed by atoms with Gasteiger partial charge in [-0.25, -0.2) is 4.79 Å². The number of carbonyl (C=O) groups excluding carboxylic acids is 1. The normalized spacial score (nSPS) is 15.6. The van der Waals surface area contributed by atoms with Crippen LogP contribution in [0.4, 0.5) is 4.79 Å².